The summed E-state index contributed by atoms with van der Waals surface area (Å²) in [5, 5.41) is 74.4. The van der Waals surface area contributed by atoms with E-state index in [1.165, 1.54) is 6.92 Å². The highest BCUT2D eigenvalue weighted by molar-refractivity contribution is 5.87. The third-order valence-corrected chi connectivity index (χ3v) is 9.33. The average molecular weight is 750 g/mol. The van der Waals surface area contributed by atoms with E-state index in [2.05, 4.69) is 10.6 Å². The van der Waals surface area contributed by atoms with Gasteiger partial charge in [0.2, 0.25) is 11.8 Å². The summed E-state index contributed by atoms with van der Waals surface area (Å²) in [4.78, 5) is 40.2. The van der Waals surface area contributed by atoms with Crippen molar-refractivity contribution in [2.45, 2.75) is 74.3 Å². The molecule has 18 heteroatoms. The van der Waals surface area contributed by atoms with Crippen LogP contribution in [-0.2, 0) is 33.3 Å². The van der Waals surface area contributed by atoms with Gasteiger partial charge in [-0.1, -0.05) is 48.5 Å². The van der Waals surface area contributed by atoms with E-state index in [0.717, 1.165) is 27.2 Å². The first-order chi connectivity index (χ1) is 25.4. The summed E-state index contributed by atoms with van der Waals surface area (Å²) in [5.41, 5.74) is 3.95. The van der Waals surface area contributed by atoms with Crippen LogP contribution < -0.4 is 10.6 Å². The third-order valence-electron chi connectivity index (χ3n) is 9.33. The lowest BCUT2D eigenvalue weighted by Crippen LogP contribution is -2.59. The summed E-state index contributed by atoms with van der Waals surface area (Å²) >= 11 is 0. The van der Waals surface area contributed by atoms with Crippen molar-refractivity contribution in [3.8, 4) is 11.1 Å². The SMILES string of the molecule is C[C@@H]1O[C@@H](OCCNC(=O)CN(CC(=O)NCCO[C@H]2O[C@H](CO)[C@@H](O)[C@H](O)[C@@H]2O)C(=O)OCC2c3ccccc3-c3ccccc32)[C@@H](O)[C@H](O)[C@@H]1O. The van der Waals surface area contributed by atoms with Gasteiger partial charge in [-0.15, -0.1) is 0 Å². The minimum atomic E-state index is -1.64. The van der Waals surface area contributed by atoms with Gasteiger partial charge in [-0.05, 0) is 29.2 Å². The topological polar surface area (TPSA) is 266 Å². The molecule has 3 aliphatic rings. The molecule has 2 aromatic rings. The molecule has 2 aromatic carbocycles. The molecule has 1 aliphatic carbocycles. The van der Waals surface area contributed by atoms with E-state index in [-0.39, 0.29) is 38.8 Å². The second kappa shape index (κ2) is 18.5. The van der Waals surface area contributed by atoms with Gasteiger partial charge in [0.1, 0.15) is 62.4 Å². The molecule has 9 N–H and O–H groups in total. The van der Waals surface area contributed by atoms with Crippen LogP contribution >= 0.6 is 0 Å². The molecule has 0 radical (unpaired) electrons. The molecule has 2 fully saturated rings. The molecule has 2 aliphatic heterocycles. The Hall–Kier alpha value is -3.79. The number of hydrogen-bond acceptors (Lipinski definition) is 15. The zero-order valence-electron chi connectivity index (χ0n) is 29.0. The van der Waals surface area contributed by atoms with E-state index in [4.69, 9.17) is 23.7 Å². The summed E-state index contributed by atoms with van der Waals surface area (Å²) in [7, 11) is 0. The van der Waals surface area contributed by atoms with Crippen LogP contribution in [0.15, 0.2) is 48.5 Å². The van der Waals surface area contributed by atoms with Crippen LogP contribution in [0, 0.1) is 0 Å². The predicted octanol–water partition coefficient (Wildman–Crippen LogP) is -2.87. The first-order valence-corrected chi connectivity index (χ1v) is 17.3. The molecule has 3 amide bonds. The Balaban J connectivity index is 1.15. The molecule has 0 aromatic heterocycles. The Kier molecular flexibility index (Phi) is 14.1. The largest absolute Gasteiger partial charge is 0.448 e. The van der Waals surface area contributed by atoms with Crippen LogP contribution in [0.25, 0.3) is 11.1 Å². The van der Waals surface area contributed by atoms with Crippen molar-refractivity contribution in [1.82, 2.24) is 15.5 Å². The number of nitrogens with one attached hydrogen (secondary N) is 2. The fourth-order valence-corrected chi connectivity index (χ4v) is 6.42. The zero-order chi connectivity index (χ0) is 38.2. The molecule has 292 valence electrons. The van der Waals surface area contributed by atoms with Crippen LogP contribution in [0.3, 0.4) is 0 Å². The quantitative estimate of drug-likeness (QED) is 0.0829. The smallest absolute Gasteiger partial charge is 0.410 e. The van der Waals surface area contributed by atoms with Crippen LogP contribution in [0.2, 0.25) is 0 Å². The van der Waals surface area contributed by atoms with Gasteiger partial charge in [-0.25, -0.2) is 4.79 Å². The number of rotatable bonds is 15. The van der Waals surface area contributed by atoms with E-state index in [1.54, 1.807) is 0 Å². The summed E-state index contributed by atoms with van der Waals surface area (Å²) in [5.74, 6) is -1.65. The first-order valence-electron chi connectivity index (χ1n) is 17.3. The number of carbonyl (C=O) groups excluding carboxylic acids is 3. The van der Waals surface area contributed by atoms with E-state index in [0.29, 0.717) is 0 Å². The van der Waals surface area contributed by atoms with Crippen molar-refractivity contribution >= 4 is 17.9 Å². The lowest BCUT2D eigenvalue weighted by Gasteiger charge is -2.39. The number of amides is 3. The first kappa shape index (κ1) is 40.4. The Bertz CT molecular complexity index is 1500. The van der Waals surface area contributed by atoms with Gasteiger partial charge < -0.3 is 70.1 Å². The van der Waals surface area contributed by atoms with E-state index in [9.17, 15) is 50.1 Å². The number of aliphatic hydroxyl groups excluding tert-OH is 7. The van der Waals surface area contributed by atoms with E-state index >= 15 is 0 Å². The van der Waals surface area contributed by atoms with Gasteiger partial charge in [-0.2, -0.15) is 0 Å². The molecule has 0 saturated carbocycles. The van der Waals surface area contributed by atoms with Gasteiger partial charge in [-0.3, -0.25) is 14.5 Å². The van der Waals surface area contributed by atoms with Gasteiger partial charge in [0.25, 0.3) is 0 Å². The van der Waals surface area contributed by atoms with Crippen LogP contribution in [-0.4, -0.2) is 173 Å². The lowest BCUT2D eigenvalue weighted by atomic mass is 9.98. The summed E-state index contributed by atoms with van der Waals surface area (Å²) in [6, 6.07) is 15.5. The molecule has 2 heterocycles. The number of aliphatic hydroxyl groups is 7. The molecule has 5 rings (SSSR count). The Morgan fingerprint density at radius 1 is 0.698 bits per heavy atom. The lowest BCUT2D eigenvalue weighted by molar-refractivity contribution is -0.300. The average Bonchev–Trinajstić information content (AvgIpc) is 3.48. The second-order valence-electron chi connectivity index (χ2n) is 13.0. The van der Waals surface area contributed by atoms with Gasteiger partial charge in [0.15, 0.2) is 12.6 Å². The number of nitrogens with zero attached hydrogens (tertiary/aromatic N) is 1. The molecular weight excluding hydrogens is 702 g/mol. The molecule has 2 saturated heterocycles. The Morgan fingerprint density at radius 2 is 1.19 bits per heavy atom. The standard InChI is InChI=1S/C35H47N3O15/c1-18-27(42)29(44)31(46)33(52-18)49-12-10-36-25(40)14-38(15-26(41)37-11-13-50-34-32(47)30(45)28(43)24(16-39)53-34)35(48)51-17-23-21-8-4-2-6-19(21)20-7-3-5-9-22(20)23/h2-9,18,23-24,27-34,39,42-47H,10-17H2,1H3,(H,36,40)(H,37,41)/t18-,24+,27+,28+,29+,30-,31-,32-,33+,34-/m0/s1. The van der Waals surface area contributed by atoms with Crippen LogP contribution in [0.5, 0.6) is 0 Å². The van der Waals surface area contributed by atoms with Crippen molar-refractivity contribution in [2.24, 2.45) is 0 Å². The minimum absolute atomic E-state index is 0.0734. The van der Waals surface area contributed by atoms with Gasteiger partial charge in [0, 0.05) is 19.0 Å². The van der Waals surface area contributed by atoms with Crippen molar-refractivity contribution in [3.05, 3.63) is 59.7 Å². The van der Waals surface area contributed by atoms with E-state index in [1.807, 2.05) is 48.5 Å². The minimum Gasteiger partial charge on any atom is -0.448 e. The Morgan fingerprint density at radius 3 is 1.72 bits per heavy atom. The van der Waals surface area contributed by atoms with Crippen LogP contribution in [0.1, 0.15) is 24.0 Å². The molecular formula is C35H47N3O15. The molecule has 10 atom stereocenters. The van der Waals surface area contributed by atoms with Gasteiger partial charge in [0.05, 0.1) is 25.9 Å². The molecule has 53 heavy (non-hydrogen) atoms. The predicted molar refractivity (Wildman–Crippen MR) is 181 cm³/mol. The monoisotopic (exact) mass is 749 g/mol. The fraction of sp³-hybridized carbons (Fsp3) is 0.571. The Labute approximate surface area is 304 Å². The summed E-state index contributed by atoms with van der Waals surface area (Å²) in [6.07, 6.45) is -14.7. The maximum absolute atomic E-state index is 13.4. The van der Waals surface area contributed by atoms with Crippen LogP contribution in [0.4, 0.5) is 4.79 Å². The highest BCUT2D eigenvalue weighted by Gasteiger charge is 2.44. The summed E-state index contributed by atoms with van der Waals surface area (Å²) < 4.78 is 27.2. The third kappa shape index (κ3) is 9.66. The molecule has 18 nitrogen and oxygen atoms in total. The van der Waals surface area contributed by atoms with E-state index < -0.39 is 99.0 Å². The summed E-state index contributed by atoms with van der Waals surface area (Å²) in [6.45, 7) is -1.03. The van der Waals surface area contributed by atoms with Crippen molar-refractivity contribution in [1.29, 1.82) is 0 Å². The van der Waals surface area contributed by atoms with Crippen molar-refractivity contribution < 1.29 is 73.8 Å². The maximum Gasteiger partial charge on any atom is 0.410 e. The zero-order valence-corrected chi connectivity index (χ0v) is 29.0. The maximum atomic E-state index is 13.4. The molecule has 0 bridgehead atoms. The van der Waals surface area contributed by atoms with Crippen molar-refractivity contribution in [2.75, 3.05) is 52.6 Å². The highest BCUT2D eigenvalue weighted by atomic mass is 16.7. The molecule has 0 unspecified atom stereocenters. The van der Waals surface area contributed by atoms with Gasteiger partial charge >= 0.3 is 6.09 Å². The van der Waals surface area contributed by atoms with Crippen molar-refractivity contribution in [3.63, 3.8) is 0 Å². The number of benzene rings is 2. The highest BCUT2D eigenvalue weighted by Crippen LogP contribution is 2.44. The fourth-order valence-electron chi connectivity index (χ4n) is 6.42. The second-order valence-corrected chi connectivity index (χ2v) is 13.0. The molecule has 0 spiro atoms. The number of fused-ring (bicyclic) bond motifs is 3. The number of hydrogen-bond donors (Lipinski definition) is 9. The number of carbonyl (C=O) groups is 3. The number of ether oxygens (including phenoxy) is 5. The normalized spacial score (nSPS) is 29.5.